The van der Waals surface area contributed by atoms with Crippen molar-refractivity contribution >= 4 is 41.4 Å². The number of nitrogens with one attached hydrogen (secondary N) is 5. The molecule has 5 atom stereocenters. The van der Waals surface area contributed by atoms with Gasteiger partial charge in [-0.2, -0.15) is 0 Å². The van der Waals surface area contributed by atoms with Crippen molar-refractivity contribution in [3.63, 3.8) is 0 Å². The number of likely N-dealkylation sites (tertiary alicyclic amines) is 1. The molecule has 2 heterocycles. The lowest BCUT2D eigenvalue weighted by Gasteiger charge is -2.28. The van der Waals surface area contributed by atoms with E-state index in [9.17, 15) is 33.6 Å². The second kappa shape index (κ2) is 16.3. The van der Waals surface area contributed by atoms with E-state index in [-0.39, 0.29) is 73.4 Å². The molecular formula is C31H47N9O7. The number of likely N-dealkylation sites (N-methyl/N-ethyl adjacent to an activating group) is 2. The second-order valence-electron chi connectivity index (χ2n) is 12.2. The smallest absolute Gasteiger partial charge is 0.255 e. The zero-order valence-electron chi connectivity index (χ0n) is 27.8. The monoisotopic (exact) mass is 657 g/mol. The SMILES string of the molecule is CNC(C)C(=O)NCC(=O)N1CC(NC(=O)c2cccc(C(=O)N3CCN(C(=O)C(NC(=O)[C@H](C)NC)C(C)C)C3)c2)CC1C(N)=O. The third-order valence-electron chi connectivity index (χ3n) is 8.53. The quantitative estimate of drug-likeness (QED) is 0.133. The minimum Gasteiger partial charge on any atom is -0.368 e. The van der Waals surface area contributed by atoms with Crippen molar-refractivity contribution in [3.8, 4) is 0 Å². The molecule has 1 aromatic carbocycles. The molecule has 16 heteroatoms. The first-order valence-electron chi connectivity index (χ1n) is 15.7. The Morgan fingerprint density at radius 2 is 1.51 bits per heavy atom. The maximum atomic E-state index is 13.4. The molecule has 7 amide bonds. The van der Waals surface area contributed by atoms with E-state index in [1.165, 1.54) is 26.8 Å². The Balaban J connectivity index is 1.62. The van der Waals surface area contributed by atoms with Gasteiger partial charge in [-0.25, -0.2) is 0 Å². The standard InChI is InChI=1S/C31H47N9O7/c1-17(2)25(37-28(44)19(4)34-6)31(47)39-11-10-38(16-39)30(46)21-9-7-8-20(12-21)29(45)36-22-13-23(26(32)42)40(15-22)24(41)14-35-27(43)18(3)33-5/h7-9,12,17-19,22-23,25,33-34H,10-11,13-16H2,1-6H3,(H2,32,42)(H,35,43)(H,36,45)(H,37,44)/t18?,19-,22?,23?,25?/m0/s1. The van der Waals surface area contributed by atoms with Crippen LogP contribution in [-0.4, -0.2) is 133 Å². The molecule has 2 aliphatic heterocycles. The number of nitrogens with zero attached hydrogens (tertiary/aromatic N) is 3. The maximum Gasteiger partial charge on any atom is 0.255 e. The summed E-state index contributed by atoms with van der Waals surface area (Å²) in [7, 11) is 3.26. The molecule has 0 aromatic heterocycles. The van der Waals surface area contributed by atoms with Gasteiger partial charge in [0.05, 0.1) is 25.3 Å². The molecule has 4 unspecified atom stereocenters. The van der Waals surface area contributed by atoms with E-state index in [1.54, 1.807) is 40.1 Å². The van der Waals surface area contributed by atoms with Gasteiger partial charge >= 0.3 is 0 Å². The van der Waals surface area contributed by atoms with Crippen LogP contribution >= 0.6 is 0 Å². The minimum atomic E-state index is -0.963. The van der Waals surface area contributed by atoms with Gasteiger partial charge in [0, 0.05) is 36.8 Å². The van der Waals surface area contributed by atoms with E-state index in [1.807, 2.05) is 13.8 Å². The normalized spacial score (nSPS) is 19.6. The van der Waals surface area contributed by atoms with Gasteiger partial charge < -0.3 is 47.0 Å². The molecule has 2 aliphatic rings. The average Bonchev–Trinajstić information content (AvgIpc) is 3.72. The van der Waals surface area contributed by atoms with Gasteiger partial charge in [0.15, 0.2) is 0 Å². The van der Waals surface area contributed by atoms with Crippen LogP contribution in [0.3, 0.4) is 0 Å². The van der Waals surface area contributed by atoms with Gasteiger partial charge in [0.25, 0.3) is 11.8 Å². The molecule has 3 rings (SSSR count). The first-order valence-corrected chi connectivity index (χ1v) is 15.7. The summed E-state index contributed by atoms with van der Waals surface area (Å²) < 4.78 is 0. The highest BCUT2D eigenvalue weighted by Crippen LogP contribution is 2.20. The van der Waals surface area contributed by atoms with Gasteiger partial charge in [0.2, 0.25) is 29.5 Å². The van der Waals surface area contributed by atoms with E-state index >= 15 is 0 Å². The lowest BCUT2D eigenvalue weighted by molar-refractivity contribution is -0.137. The van der Waals surface area contributed by atoms with E-state index in [4.69, 9.17) is 5.73 Å². The fourth-order valence-corrected chi connectivity index (χ4v) is 5.33. The number of carbonyl (C=O) groups excluding carboxylic acids is 7. The van der Waals surface area contributed by atoms with Crippen LogP contribution in [0.2, 0.25) is 0 Å². The highest BCUT2D eigenvalue weighted by molar-refractivity contribution is 6.00. The number of hydrogen-bond donors (Lipinski definition) is 6. The lowest BCUT2D eigenvalue weighted by Crippen LogP contribution is -2.54. The first-order chi connectivity index (χ1) is 22.2. The van der Waals surface area contributed by atoms with Crippen molar-refractivity contribution in [1.82, 2.24) is 41.3 Å². The third kappa shape index (κ3) is 9.25. The first kappa shape index (κ1) is 36.9. The Labute approximate surface area is 274 Å². The molecule has 0 spiro atoms. The third-order valence-corrected chi connectivity index (χ3v) is 8.53. The van der Waals surface area contributed by atoms with E-state index in [0.717, 1.165) is 0 Å². The van der Waals surface area contributed by atoms with Crippen molar-refractivity contribution in [2.45, 2.75) is 64.3 Å². The summed E-state index contributed by atoms with van der Waals surface area (Å²) in [6.45, 7) is 7.29. The van der Waals surface area contributed by atoms with Crippen molar-refractivity contribution in [1.29, 1.82) is 0 Å². The maximum absolute atomic E-state index is 13.4. The molecule has 2 saturated heterocycles. The Kier molecular flexibility index (Phi) is 12.8. The molecule has 16 nitrogen and oxygen atoms in total. The average molecular weight is 658 g/mol. The highest BCUT2D eigenvalue weighted by atomic mass is 16.2. The van der Waals surface area contributed by atoms with Crippen molar-refractivity contribution in [2.24, 2.45) is 11.7 Å². The largest absolute Gasteiger partial charge is 0.368 e. The Hall–Kier alpha value is -4.57. The van der Waals surface area contributed by atoms with Gasteiger partial charge in [-0.05, 0) is 58.5 Å². The zero-order valence-corrected chi connectivity index (χ0v) is 27.8. The van der Waals surface area contributed by atoms with Gasteiger partial charge in [-0.15, -0.1) is 0 Å². The Bertz CT molecular complexity index is 1370. The fourth-order valence-electron chi connectivity index (χ4n) is 5.33. The summed E-state index contributed by atoms with van der Waals surface area (Å²) in [5.41, 5.74) is 5.97. The topological polar surface area (TPSA) is 215 Å². The number of carbonyl (C=O) groups is 7. The molecule has 2 fully saturated rings. The predicted octanol–water partition coefficient (Wildman–Crippen LogP) is -2.41. The van der Waals surface area contributed by atoms with Crippen LogP contribution in [0.5, 0.6) is 0 Å². The Morgan fingerprint density at radius 1 is 0.894 bits per heavy atom. The zero-order chi connectivity index (χ0) is 35.0. The van der Waals surface area contributed by atoms with Crippen LogP contribution in [0.4, 0.5) is 0 Å². The molecule has 47 heavy (non-hydrogen) atoms. The van der Waals surface area contributed by atoms with Crippen LogP contribution in [-0.2, 0) is 24.0 Å². The molecule has 258 valence electrons. The number of hydrogen-bond acceptors (Lipinski definition) is 9. The van der Waals surface area contributed by atoms with Crippen LogP contribution in [0.25, 0.3) is 0 Å². The van der Waals surface area contributed by atoms with Crippen LogP contribution in [0.15, 0.2) is 24.3 Å². The fraction of sp³-hybridized carbons (Fsp3) is 0.581. The number of primary amides is 1. The van der Waals surface area contributed by atoms with Gasteiger partial charge in [0.1, 0.15) is 12.1 Å². The van der Waals surface area contributed by atoms with Crippen molar-refractivity contribution in [2.75, 3.05) is 46.9 Å². The summed E-state index contributed by atoms with van der Waals surface area (Å²) in [5.74, 6) is -3.26. The molecule has 0 radical (unpaired) electrons. The number of amides is 7. The van der Waals surface area contributed by atoms with E-state index < -0.39 is 47.9 Å². The number of nitrogens with two attached hydrogens (primary N) is 1. The molecule has 1 aromatic rings. The van der Waals surface area contributed by atoms with Crippen molar-refractivity contribution in [3.05, 3.63) is 35.4 Å². The number of rotatable bonds is 13. The summed E-state index contributed by atoms with van der Waals surface area (Å²) in [6.07, 6.45) is 0.0929. The van der Waals surface area contributed by atoms with Crippen LogP contribution in [0.1, 0.15) is 54.8 Å². The van der Waals surface area contributed by atoms with Gasteiger partial charge in [-0.1, -0.05) is 19.9 Å². The second-order valence-corrected chi connectivity index (χ2v) is 12.2. The number of benzene rings is 1. The summed E-state index contributed by atoms with van der Waals surface area (Å²) in [5, 5.41) is 13.7. The summed E-state index contributed by atoms with van der Waals surface area (Å²) in [6, 6.07) is 2.82. The lowest BCUT2D eigenvalue weighted by atomic mass is 10.0. The predicted molar refractivity (Wildman–Crippen MR) is 171 cm³/mol. The van der Waals surface area contributed by atoms with E-state index in [2.05, 4.69) is 26.6 Å². The Morgan fingerprint density at radius 3 is 2.13 bits per heavy atom. The summed E-state index contributed by atoms with van der Waals surface area (Å²) in [4.78, 5) is 93.6. The molecular weight excluding hydrogens is 610 g/mol. The van der Waals surface area contributed by atoms with Crippen LogP contribution in [0, 0.1) is 5.92 Å². The summed E-state index contributed by atoms with van der Waals surface area (Å²) >= 11 is 0. The highest BCUT2D eigenvalue weighted by Gasteiger charge is 2.39. The van der Waals surface area contributed by atoms with Crippen molar-refractivity contribution < 1.29 is 33.6 Å². The minimum absolute atomic E-state index is 0.0115. The van der Waals surface area contributed by atoms with Gasteiger partial charge in [-0.3, -0.25) is 33.6 Å². The molecule has 0 bridgehead atoms. The molecule has 7 N–H and O–H groups in total. The van der Waals surface area contributed by atoms with E-state index in [0.29, 0.717) is 6.54 Å². The molecule has 0 aliphatic carbocycles. The van der Waals surface area contributed by atoms with Crippen LogP contribution < -0.4 is 32.3 Å². The molecule has 0 saturated carbocycles.